The van der Waals surface area contributed by atoms with E-state index in [1.807, 2.05) is 60.7 Å². The van der Waals surface area contributed by atoms with Crippen molar-refractivity contribution in [2.24, 2.45) is 5.92 Å². The van der Waals surface area contributed by atoms with Crippen molar-refractivity contribution in [3.05, 3.63) is 108 Å². The number of hydrogen-bond acceptors (Lipinski definition) is 3. The van der Waals surface area contributed by atoms with E-state index in [0.717, 1.165) is 11.1 Å². The number of allylic oxidation sites excluding steroid dienone is 1. The molecule has 0 aromatic heterocycles. The molecule has 1 aliphatic carbocycles. The van der Waals surface area contributed by atoms with E-state index >= 15 is 0 Å². The average Bonchev–Trinajstić information content (AvgIpc) is 3.49. The molecule has 1 saturated carbocycles. The van der Waals surface area contributed by atoms with Gasteiger partial charge in [0.05, 0.1) is 10.1 Å². The van der Waals surface area contributed by atoms with E-state index in [1.54, 1.807) is 42.5 Å². The Morgan fingerprint density at radius 1 is 0.793 bits per heavy atom. The Kier molecular flexibility index (Phi) is 5.45. The zero-order valence-corrected chi connectivity index (χ0v) is 16.7. The number of rotatable bonds is 7. The minimum Gasteiger partial charge on any atom is -0.295 e. The number of carbonyl (C=O) groups is 1. The highest BCUT2D eigenvalue weighted by Crippen LogP contribution is 2.55. The first-order chi connectivity index (χ1) is 14.1. The molecule has 29 heavy (non-hydrogen) atoms. The summed E-state index contributed by atoms with van der Waals surface area (Å²) in [6.07, 6.45) is 3.56. The van der Waals surface area contributed by atoms with E-state index < -0.39 is 15.1 Å². The largest absolute Gasteiger partial charge is 0.295 e. The summed E-state index contributed by atoms with van der Waals surface area (Å²) in [7, 11) is -3.50. The van der Waals surface area contributed by atoms with Crippen LogP contribution in [0.3, 0.4) is 0 Å². The molecule has 0 bridgehead atoms. The van der Waals surface area contributed by atoms with E-state index in [0.29, 0.717) is 4.90 Å². The van der Waals surface area contributed by atoms with Crippen LogP contribution in [0, 0.1) is 5.92 Å². The van der Waals surface area contributed by atoms with E-state index in [4.69, 9.17) is 0 Å². The van der Waals surface area contributed by atoms with Crippen LogP contribution in [-0.2, 0) is 14.6 Å². The minimum absolute atomic E-state index is 0.0504. The summed E-state index contributed by atoms with van der Waals surface area (Å²) in [6.45, 7) is 0. The summed E-state index contributed by atoms with van der Waals surface area (Å²) in [5.41, 5.74) is 1.92. The van der Waals surface area contributed by atoms with Gasteiger partial charge in [0.25, 0.3) is 0 Å². The van der Waals surface area contributed by atoms with Crippen molar-refractivity contribution >= 4 is 21.7 Å². The Hall–Kier alpha value is -2.98. The first kappa shape index (κ1) is 19.3. The third kappa shape index (κ3) is 4.22. The number of carbonyl (C=O) groups excluding carboxylic acids is 1. The predicted molar refractivity (Wildman–Crippen MR) is 115 cm³/mol. The van der Waals surface area contributed by atoms with Crippen molar-refractivity contribution in [1.82, 2.24) is 0 Å². The molecule has 0 saturated heterocycles. The van der Waals surface area contributed by atoms with Crippen molar-refractivity contribution in [2.75, 3.05) is 0 Å². The highest BCUT2D eigenvalue weighted by Gasteiger charge is 2.58. The van der Waals surface area contributed by atoms with Gasteiger partial charge in [-0.2, -0.15) is 0 Å². The maximum absolute atomic E-state index is 13.2. The molecule has 3 atom stereocenters. The Bertz CT molecular complexity index is 1100. The molecule has 0 N–H and O–H groups in total. The molecule has 3 nitrogen and oxygen atoms in total. The van der Waals surface area contributed by atoms with Crippen LogP contribution < -0.4 is 0 Å². The van der Waals surface area contributed by atoms with Gasteiger partial charge in [0.2, 0.25) is 0 Å². The van der Waals surface area contributed by atoms with Gasteiger partial charge in [0.1, 0.15) is 0 Å². The van der Waals surface area contributed by atoms with Crippen LogP contribution in [0.4, 0.5) is 0 Å². The smallest absolute Gasteiger partial charge is 0.182 e. The van der Waals surface area contributed by atoms with Gasteiger partial charge >= 0.3 is 0 Å². The molecule has 1 fully saturated rings. The van der Waals surface area contributed by atoms with Gasteiger partial charge < -0.3 is 0 Å². The average molecular weight is 403 g/mol. The van der Waals surface area contributed by atoms with Gasteiger partial charge in [-0.1, -0.05) is 84.9 Å². The van der Waals surface area contributed by atoms with E-state index in [2.05, 4.69) is 0 Å². The predicted octanol–water partition coefficient (Wildman–Crippen LogP) is 4.92. The summed E-state index contributed by atoms with van der Waals surface area (Å²) in [6, 6.07) is 27.8. The molecular formula is C25H22O3S. The van der Waals surface area contributed by atoms with Gasteiger partial charge in [-0.15, -0.1) is 0 Å². The number of benzene rings is 3. The Morgan fingerprint density at radius 3 is 1.97 bits per heavy atom. The number of sulfone groups is 1. The monoisotopic (exact) mass is 402 g/mol. The van der Waals surface area contributed by atoms with E-state index in [1.165, 1.54) is 0 Å². The Morgan fingerprint density at radius 2 is 1.34 bits per heavy atom. The van der Waals surface area contributed by atoms with Gasteiger partial charge in [0.15, 0.2) is 15.6 Å². The Balaban J connectivity index is 1.57. The van der Waals surface area contributed by atoms with Crippen molar-refractivity contribution in [1.29, 1.82) is 0 Å². The van der Waals surface area contributed by atoms with Gasteiger partial charge in [-0.05, 0) is 35.3 Å². The maximum Gasteiger partial charge on any atom is 0.182 e. The summed E-state index contributed by atoms with van der Waals surface area (Å²) >= 11 is 0. The van der Waals surface area contributed by atoms with Crippen molar-refractivity contribution in [2.45, 2.75) is 22.5 Å². The van der Waals surface area contributed by atoms with E-state index in [-0.39, 0.29) is 24.0 Å². The van der Waals surface area contributed by atoms with Crippen LogP contribution in [0.1, 0.15) is 23.5 Å². The molecule has 1 aliphatic rings. The molecule has 0 aliphatic heterocycles. The molecule has 4 heteroatoms. The quantitative estimate of drug-likeness (QED) is 0.527. The molecule has 0 heterocycles. The van der Waals surface area contributed by atoms with Crippen molar-refractivity contribution < 1.29 is 13.2 Å². The standard InChI is InChI=1S/C25H22O3S/c26-21(17-16-19-10-4-1-5-11-19)18-23-24(20-12-6-2-7-13-20)25(23)29(27,28)22-14-8-3-9-15-22/h1-17,23-25H,18H2/b17-16+. The summed E-state index contributed by atoms with van der Waals surface area (Å²) in [5.74, 6) is -0.420. The van der Waals surface area contributed by atoms with Gasteiger partial charge in [0, 0.05) is 12.3 Å². The van der Waals surface area contributed by atoms with Crippen LogP contribution in [0.15, 0.2) is 102 Å². The first-order valence-corrected chi connectivity index (χ1v) is 11.2. The van der Waals surface area contributed by atoms with Crippen molar-refractivity contribution in [3.8, 4) is 0 Å². The van der Waals surface area contributed by atoms with Crippen LogP contribution in [0.2, 0.25) is 0 Å². The van der Waals surface area contributed by atoms with Crippen LogP contribution >= 0.6 is 0 Å². The number of ketones is 1. The van der Waals surface area contributed by atoms with Gasteiger partial charge in [-0.25, -0.2) is 8.42 Å². The fraction of sp³-hybridized carbons (Fsp3) is 0.160. The van der Waals surface area contributed by atoms with Crippen molar-refractivity contribution in [3.63, 3.8) is 0 Å². The molecule has 3 aromatic carbocycles. The van der Waals surface area contributed by atoms with Gasteiger partial charge in [-0.3, -0.25) is 4.79 Å². The van der Waals surface area contributed by atoms with Crippen LogP contribution in [0.25, 0.3) is 6.08 Å². The fourth-order valence-corrected chi connectivity index (χ4v) is 6.17. The summed E-state index contributed by atoms with van der Waals surface area (Å²) < 4.78 is 26.4. The lowest BCUT2D eigenvalue weighted by molar-refractivity contribution is -0.114. The topological polar surface area (TPSA) is 51.2 Å². The summed E-state index contributed by atoms with van der Waals surface area (Å²) in [5, 5.41) is -0.568. The SMILES string of the molecule is O=C(/C=C/c1ccccc1)CC1C(c2ccccc2)C1S(=O)(=O)c1ccccc1. The third-order valence-electron chi connectivity index (χ3n) is 5.41. The zero-order valence-electron chi connectivity index (χ0n) is 15.9. The molecule has 4 rings (SSSR count). The second-order valence-corrected chi connectivity index (χ2v) is 9.44. The number of hydrogen-bond donors (Lipinski definition) is 0. The molecule has 0 amide bonds. The zero-order chi connectivity index (χ0) is 20.3. The molecule has 0 radical (unpaired) electrons. The first-order valence-electron chi connectivity index (χ1n) is 9.67. The Labute approximate surface area is 171 Å². The lowest BCUT2D eigenvalue weighted by Gasteiger charge is -2.04. The highest BCUT2D eigenvalue weighted by molar-refractivity contribution is 7.92. The third-order valence-corrected chi connectivity index (χ3v) is 7.70. The maximum atomic E-state index is 13.2. The normalized spacial score (nSPS) is 21.2. The highest BCUT2D eigenvalue weighted by atomic mass is 32.2. The second-order valence-electron chi connectivity index (χ2n) is 7.34. The van der Waals surface area contributed by atoms with E-state index in [9.17, 15) is 13.2 Å². The second kappa shape index (κ2) is 8.18. The lowest BCUT2D eigenvalue weighted by Crippen LogP contribution is -2.11. The molecule has 3 unspecified atom stereocenters. The van der Waals surface area contributed by atoms with Crippen LogP contribution in [0.5, 0.6) is 0 Å². The summed E-state index contributed by atoms with van der Waals surface area (Å²) in [4.78, 5) is 12.9. The molecule has 0 spiro atoms. The minimum atomic E-state index is -3.50. The molecular weight excluding hydrogens is 380 g/mol. The fourth-order valence-electron chi connectivity index (χ4n) is 3.94. The molecule has 3 aromatic rings. The lowest BCUT2D eigenvalue weighted by atomic mass is 10.1. The molecule has 146 valence electrons. The van der Waals surface area contributed by atoms with Crippen LogP contribution in [-0.4, -0.2) is 19.5 Å².